The second-order valence-corrected chi connectivity index (χ2v) is 4.57. The Balaban J connectivity index is 2.92. The number of nitrogens with two attached hydrogens (primary N) is 1. The van der Waals surface area contributed by atoms with Crippen molar-refractivity contribution in [2.75, 3.05) is 11.1 Å². The van der Waals surface area contributed by atoms with Crippen molar-refractivity contribution < 1.29 is 18.0 Å². The number of anilines is 2. The number of carbonyl (C=O) groups excluding carboxylic acids is 1. The van der Waals surface area contributed by atoms with Crippen LogP contribution in [0.2, 0.25) is 0 Å². The van der Waals surface area contributed by atoms with Crippen LogP contribution in [0.4, 0.5) is 24.5 Å². The molecule has 1 atom stereocenters. The maximum atomic E-state index is 12.8. The molecule has 0 bridgehead atoms. The maximum Gasteiger partial charge on any atom is 0.418 e. The molecule has 0 aliphatic rings. The van der Waals surface area contributed by atoms with Crippen LogP contribution in [0.15, 0.2) is 18.2 Å². The highest BCUT2D eigenvalue weighted by atomic mass is 19.4. The zero-order valence-electron chi connectivity index (χ0n) is 10.8. The van der Waals surface area contributed by atoms with Crippen LogP contribution < -0.4 is 11.1 Å². The van der Waals surface area contributed by atoms with Gasteiger partial charge in [0.15, 0.2) is 0 Å². The van der Waals surface area contributed by atoms with Crippen molar-refractivity contribution in [2.45, 2.75) is 32.9 Å². The molecule has 0 saturated carbocycles. The van der Waals surface area contributed by atoms with E-state index in [2.05, 4.69) is 5.32 Å². The summed E-state index contributed by atoms with van der Waals surface area (Å²) in [5.41, 5.74) is 4.17. The number of hydrogen-bond acceptors (Lipinski definition) is 2. The monoisotopic (exact) mass is 274 g/mol. The number of halogens is 3. The van der Waals surface area contributed by atoms with E-state index in [1.54, 1.807) is 0 Å². The number of nitrogens with one attached hydrogen (secondary N) is 1. The fraction of sp³-hybridized carbons (Fsp3) is 0.462. The molecule has 0 heterocycles. The molecule has 0 aromatic heterocycles. The molecule has 3 nitrogen and oxygen atoms in total. The van der Waals surface area contributed by atoms with Crippen LogP contribution in [-0.4, -0.2) is 5.91 Å². The lowest BCUT2D eigenvalue weighted by Crippen LogP contribution is -2.18. The van der Waals surface area contributed by atoms with Crippen molar-refractivity contribution in [3.8, 4) is 0 Å². The summed E-state index contributed by atoms with van der Waals surface area (Å²) in [5.74, 6) is -0.298. The molecule has 3 N–H and O–H groups in total. The van der Waals surface area contributed by atoms with Crippen molar-refractivity contribution in [1.29, 1.82) is 0 Å². The maximum absolute atomic E-state index is 12.8. The predicted octanol–water partition coefficient (Wildman–Crippen LogP) is 3.66. The molecule has 0 saturated heterocycles. The zero-order chi connectivity index (χ0) is 14.6. The van der Waals surface area contributed by atoms with E-state index in [4.69, 9.17) is 5.73 Å². The first-order valence-electron chi connectivity index (χ1n) is 6.00. The molecule has 19 heavy (non-hydrogen) atoms. The second-order valence-electron chi connectivity index (χ2n) is 4.57. The lowest BCUT2D eigenvalue weighted by atomic mass is 10.0. The first-order chi connectivity index (χ1) is 8.74. The van der Waals surface area contributed by atoms with Crippen LogP contribution in [0, 0.1) is 5.92 Å². The highest BCUT2D eigenvalue weighted by molar-refractivity contribution is 5.92. The highest BCUT2D eigenvalue weighted by Gasteiger charge is 2.34. The fourth-order valence-corrected chi connectivity index (χ4v) is 1.57. The highest BCUT2D eigenvalue weighted by Crippen LogP contribution is 2.36. The zero-order valence-corrected chi connectivity index (χ0v) is 10.8. The minimum absolute atomic E-state index is 0.00671. The van der Waals surface area contributed by atoms with Gasteiger partial charge in [0.2, 0.25) is 5.91 Å². The predicted molar refractivity (Wildman–Crippen MR) is 68.6 cm³/mol. The van der Waals surface area contributed by atoms with Crippen LogP contribution in [0.1, 0.15) is 32.3 Å². The van der Waals surface area contributed by atoms with E-state index < -0.39 is 17.6 Å². The number of rotatable bonds is 4. The summed E-state index contributed by atoms with van der Waals surface area (Å²) in [5, 5.41) is 2.30. The van der Waals surface area contributed by atoms with Gasteiger partial charge in [-0.25, -0.2) is 0 Å². The Hall–Kier alpha value is -1.72. The SMILES string of the molecule is CCC(C)CC(=O)Nc1ccc(N)cc1C(F)(F)F. The van der Waals surface area contributed by atoms with Gasteiger partial charge in [0, 0.05) is 12.1 Å². The second kappa shape index (κ2) is 5.95. The Morgan fingerprint density at radius 3 is 2.58 bits per heavy atom. The molecule has 1 aromatic carbocycles. The first kappa shape index (κ1) is 15.3. The quantitative estimate of drug-likeness (QED) is 0.823. The van der Waals surface area contributed by atoms with Gasteiger partial charge in [-0.05, 0) is 24.1 Å². The van der Waals surface area contributed by atoms with Gasteiger partial charge in [-0.15, -0.1) is 0 Å². The third-order valence-corrected chi connectivity index (χ3v) is 2.85. The van der Waals surface area contributed by atoms with Crippen molar-refractivity contribution in [1.82, 2.24) is 0 Å². The number of alkyl halides is 3. The Morgan fingerprint density at radius 1 is 1.42 bits per heavy atom. The molecule has 106 valence electrons. The summed E-state index contributed by atoms with van der Waals surface area (Å²) in [6, 6.07) is 3.32. The van der Waals surface area contributed by atoms with E-state index in [1.807, 2.05) is 13.8 Å². The summed E-state index contributed by atoms with van der Waals surface area (Å²) >= 11 is 0. The summed E-state index contributed by atoms with van der Waals surface area (Å²) in [6.07, 6.45) is -3.56. The minimum atomic E-state index is -4.55. The Kier molecular flexibility index (Phi) is 4.80. The van der Waals surface area contributed by atoms with Gasteiger partial charge < -0.3 is 11.1 Å². The molecule has 1 amide bonds. The number of amides is 1. The van der Waals surface area contributed by atoms with Gasteiger partial charge in [0.05, 0.1) is 11.3 Å². The van der Waals surface area contributed by atoms with Gasteiger partial charge in [0.1, 0.15) is 0 Å². The van der Waals surface area contributed by atoms with Gasteiger partial charge >= 0.3 is 6.18 Å². The average Bonchev–Trinajstić information content (AvgIpc) is 2.29. The van der Waals surface area contributed by atoms with Crippen molar-refractivity contribution in [3.63, 3.8) is 0 Å². The van der Waals surface area contributed by atoms with Crippen LogP contribution in [-0.2, 0) is 11.0 Å². The number of carbonyl (C=O) groups is 1. The third kappa shape index (κ3) is 4.46. The summed E-state index contributed by atoms with van der Waals surface area (Å²) in [6.45, 7) is 3.79. The van der Waals surface area contributed by atoms with Crippen LogP contribution >= 0.6 is 0 Å². The van der Waals surface area contributed by atoms with Crippen LogP contribution in [0.25, 0.3) is 0 Å². The summed E-state index contributed by atoms with van der Waals surface area (Å²) < 4.78 is 38.4. The van der Waals surface area contributed by atoms with Gasteiger partial charge in [-0.3, -0.25) is 4.79 Å². The van der Waals surface area contributed by atoms with Gasteiger partial charge in [0.25, 0.3) is 0 Å². The standard InChI is InChI=1S/C13H17F3N2O/c1-3-8(2)6-12(19)18-11-5-4-9(17)7-10(11)13(14,15)16/h4-5,7-8H,3,6,17H2,1-2H3,(H,18,19). The summed E-state index contributed by atoms with van der Waals surface area (Å²) in [4.78, 5) is 11.6. The first-order valence-corrected chi connectivity index (χ1v) is 6.00. The molecule has 0 radical (unpaired) electrons. The average molecular weight is 274 g/mol. The lowest BCUT2D eigenvalue weighted by molar-refractivity contribution is -0.136. The molecule has 0 aliphatic heterocycles. The normalized spacial score (nSPS) is 13.1. The van der Waals surface area contributed by atoms with Crippen LogP contribution in [0.5, 0.6) is 0 Å². The van der Waals surface area contributed by atoms with E-state index >= 15 is 0 Å². The largest absolute Gasteiger partial charge is 0.418 e. The Morgan fingerprint density at radius 2 is 2.05 bits per heavy atom. The van der Waals surface area contributed by atoms with Crippen LogP contribution in [0.3, 0.4) is 0 Å². The topological polar surface area (TPSA) is 55.1 Å². The molecular formula is C13H17F3N2O. The Bertz CT molecular complexity index is 458. The number of hydrogen-bond donors (Lipinski definition) is 2. The summed E-state index contributed by atoms with van der Waals surface area (Å²) in [7, 11) is 0. The van der Waals surface area contributed by atoms with E-state index in [-0.39, 0.29) is 23.7 Å². The smallest absolute Gasteiger partial charge is 0.399 e. The van der Waals surface area contributed by atoms with Gasteiger partial charge in [-0.2, -0.15) is 13.2 Å². The van der Waals surface area contributed by atoms with Crippen molar-refractivity contribution in [2.24, 2.45) is 5.92 Å². The lowest BCUT2D eigenvalue weighted by Gasteiger charge is -2.15. The van der Waals surface area contributed by atoms with E-state index in [9.17, 15) is 18.0 Å². The number of benzene rings is 1. The van der Waals surface area contributed by atoms with Gasteiger partial charge in [-0.1, -0.05) is 20.3 Å². The molecule has 6 heteroatoms. The molecule has 0 fully saturated rings. The Labute approximate surface area is 110 Å². The molecular weight excluding hydrogens is 257 g/mol. The molecule has 1 unspecified atom stereocenters. The fourth-order valence-electron chi connectivity index (χ4n) is 1.57. The van der Waals surface area contributed by atoms with Crippen molar-refractivity contribution in [3.05, 3.63) is 23.8 Å². The van der Waals surface area contributed by atoms with Crippen molar-refractivity contribution >= 4 is 17.3 Å². The molecule has 1 aromatic rings. The van der Waals surface area contributed by atoms with E-state index in [0.717, 1.165) is 12.5 Å². The minimum Gasteiger partial charge on any atom is -0.399 e. The molecule has 1 rings (SSSR count). The van der Waals surface area contributed by atoms with E-state index in [0.29, 0.717) is 0 Å². The molecule has 0 aliphatic carbocycles. The number of nitrogen functional groups attached to an aromatic ring is 1. The van der Waals surface area contributed by atoms with E-state index in [1.165, 1.54) is 12.1 Å². The third-order valence-electron chi connectivity index (χ3n) is 2.85. The molecule has 0 spiro atoms.